The summed E-state index contributed by atoms with van der Waals surface area (Å²) in [5, 5.41) is 0. The largest absolute Gasteiger partial charge is 0.497 e. The van der Waals surface area contributed by atoms with Gasteiger partial charge in [0.25, 0.3) is 5.91 Å². The normalized spacial score (nSPS) is 15.9. The highest BCUT2D eigenvalue weighted by Gasteiger charge is 2.33. The Morgan fingerprint density at radius 2 is 1.96 bits per heavy atom. The van der Waals surface area contributed by atoms with Crippen LogP contribution in [0.5, 0.6) is 11.5 Å². The molecule has 3 rings (SSSR count). The monoisotopic (exact) mass is 353 g/mol. The number of hydrogen-bond acceptors (Lipinski definition) is 5. The van der Waals surface area contributed by atoms with E-state index < -0.39 is 12.1 Å². The van der Waals surface area contributed by atoms with Gasteiger partial charge in [0.2, 0.25) is 6.10 Å². The Morgan fingerprint density at radius 3 is 2.73 bits per heavy atom. The van der Waals surface area contributed by atoms with Crippen molar-refractivity contribution in [2.24, 2.45) is 0 Å². The number of esters is 1. The zero-order chi connectivity index (χ0) is 18.5. The van der Waals surface area contributed by atoms with E-state index >= 15 is 0 Å². The van der Waals surface area contributed by atoms with Crippen LogP contribution in [0.1, 0.15) is 5.56 Å². The smallest absolute Gasteiger partial charge is 0.348 e. The van der Waals surface area contributed by atoms with E-state index in [2.05, 4.69) is 0 Å². The summed E-state index contributed by atoms with van der Waals surface area (Å²) < 4.78 is 15.6. The van der Waals surface area contributed by atoms with Gasteiger partial charge in [0, 0.05) is 6.08 Å². The zero-order valence-electron chi connectivity index (χ0n) is 14.5. The maximum absolute atomic E-state index is 12.7. The third-order valence-corrected chi connectivity index (χ3v) is 4.02. The molecule has 0 bridgehead atoms. The molecule has 1 amide bonds. The molecule has 2 aromatic carbocycles. The molecule has 0 fully saturated rings. The fourth-order valence-corrected chi connectivity index (χ4v) is 2.70. The highest BCUT2D eigenvalue weighted by atomic mass is 16.6. The van der Waals surface area contributed by atoms with Gasteiger partial charge in [0.15, 0.2) is 0 Å². The predicted molar refractivity (Wildman–Crippen MR) is 97.3 cm³/mol. The molecule has 0 aromatic heterocycles. The summed E-state index contributed by atoms with van der Waals surface area (Å²) in [6.45, 7) is 0.0883. The van der Waals surface area contributed by atoms with E-state index in [0.29, 0.717) is 17.2 Å². The average molecular weight is 353 g/mol. The molecule has 0 saturated heterocycles. The third kappa shape index (κ3) is 3.69. The first kappa shape index (κ1) is 17.5. The number of hydrogen-bond donors (Lipinski definition) is 0. The second-order valence-corrected chi connectivity index (χ2v) is 5.66. The number of ether oxygens (including phenoxy) is 3. The minimum Gasteiger partial charge on any atom is -0.497 e. The minimum atomic E-state index is -0.857. The quantitative estimate of drug-likeness (QED) is 0.625. The lowest BCUT2D eigenvalue weighted by molar-refractivity contribution is -0.148. The highest BCUT2D eigenvalue weighted by molar-refractivity contribution is 6.05. The van der Waals surface area contributed by atoms with E-state index in [1.54, 1.807) is 31.4 Å². The summed E-state index contributed by atoms with van der Waals surface area (Å²) in [6, 6.07) is 14.5. The van der Waals surface area contributed by atoms with E-state index in [1.165, 1.54) is 18.1 Å². The molecule has 134 valence electrons. The summed E-state index contributed by atoms with van der Waals surface area (Å²) in [7, 11) is 2.88. The van der Waals surface area contributed by atoms with E-state index in [-0.39, 0.29) is 12.5 Å². The Kier molecular flexibility index (Phi) is 5.22. The fraction of sp³-hybridized carbons (Fsp3) is 0.200. The predicted octanol–water partition coefficient (Wildman–Crippen LogP) is 2.68. The van der Waals surface area contributed by atoms with Gasteiger partial charge in [0.1, 0.15) is 11.5 Å². The van der Waals surface area contributed by atoms with Crippen molar-refractivity contribution in [3.63, 3.8) is 0 Å². The molecular weight excluding hydrogens is 334 g/mol. The Morgan fingerprint density at radius 1 is 1.15 bits per heavy atom. The summed E-state index contributed by atoms with van der Waals surface area (Å²) >= 11 is 0. The van der Waals surface area contributed by atoms with E-state index in [4.69, 9.17) is 14.2 Å². The number of carbonyl (C=O) groups excluding carboxylic acids is 2. The Labute approximate surface area is 151 Å². The molecule has 26 heavy (non-hydrogen) atoms. The van der Waals surface area contributed by atoms with Gasteiger partial charge in [-0.1, -0.05) is 24.3 Å². The highest BCUT2D eigenvalue weighted by Crippen LogP contribution is 2.33. The maximum Gasteiger partial charge on any atom is 0.348 e. The van der Waals surface area contributed by atoms with Gasteiger partial charge in [0.05, 0.1) is 26.5 Å². The van der Waals surface area contributed by atoms with E-state index in [1.807, 2.05) is 30.3 Å². The minimum absolute atomic E-state index is 0.0883. The van der Waals surface area contributed by atoms with Gasteiger partial charge in [-0.15, -0.1) is 0 Å². The molecule has 6 heteroatoms. The number of rotatable bonds is 4. The molecule has 6 nitrogen and oxygen atoms in total. The Bertz CT molecular complexity index is 846. The van der Waals surface area contributed by atoms with Crippen LogP contribution in [0.2, 0.25) is 0 Å². The van der Waals surface area contributed by atoms with Crippen molar-refractivity contribution in [1.29, 1.82) is 0 Å². The van der Waals surface area contributed by atoms with Gasteiger partial charge in [-0.3, -0.25) is 4.79 Å². The number of anilines is 1. The third-order valence-electron chi connectivity index (χ3n) is 4.02. The first-order valence-electron chi connectivity index (χ1n) is 8.09. The van der Waals surface area contributed by atoms with Crippen molar-refractivity contribution in [2.75, 3.05) is 25.7 Å². The van der Waals surface area contributed by atoms with Crippen molar-refractivity contribution < 1.29 is 23.8 Å². The molecule has 0 spiro atoms. The van der Waals surface area contributed by atoms with Crippen LogP contribution in [0.25, 0.3) is 6.08 Å². The van der Waals surface area contributed by atoms with Crippen LogP contribution >= 0.6 is 0 Å². The maximum atomic E-state index is 12.7. The summed E-state index contributed by atoms with van der Waals surface area (Å²) in [5.41, 5.74) is 1.46. The summed E-state index contributed by atoms with van der Waals surface area (Å²) in [4.78, 5) is 26.1. The number of amides is 1. The number of nitrogens with zero attached hydrogens (tertiary/aromatic N) is 1. The fourth-order valence-electron chi connectivity index (χ4n) is 2.70. The van der Waals surface area contributed by atoms with E-state index in [0.717, 1.165) is 5.56 Å². The van der Waals surface area contributed by atoms with Gasteiger partial charge in [-0.25, -0.2) is 4.79 Å². The van der Waals surface area contributed by atoms with Crippen molar-refractivity contribution in [3.05, 3.63) is 60.2 Å². The first-order valence-corrected chi connectivity index (χ1v) is 8.09. The molecule has 0 saturated carbocycles. The van der Waals surface area contributed by atoms with Crippen LogP contribution in [0.4, 0.5) is 5.69 Å². The number of methoxy groups -OCH3 is 2. The molecular formula is C20H19NO5. The lowest BCUT2D eigenvalue weighted by Gasteiger charge is -2.32. The zero-order valence-corrected chi connectivity index (χ0v) is 14.5. The van der Waals surface area contributed by atoms with Gasteiger partial charge in [-0.05, 0) is 35.9 Å². The van der Waals surface area contributed by atoms with Gasteiger partial charge >= 0.3 is 5.97 Å². The van der Waals surface area contributed by atoms with E-state index in [9.17, 15) is 9.59 Å². The average Bonchev–Trinajstić information content (AvgIpc) is 2.70. The number of fused-ring (bicyclic) bond motifs is 1. The standard InChI is InChI=1S/C20H19NO5/c1-24-15-7-5-6-14(12-15)10-11-19(22)21-13-18(20(23)25-2)26-17-9-4-3-8-16(17)21/h3-12,18H,13H2,1-2H3/b11-10+. The second kappa shape index (κ2) is 7.74. The lowest BCUT2D eigenvalue weighted by atomic mass is 10.1. The van der Waals surface area contributed by atoms with Crippen molar-refractivity contribution >= 4 is 23.6 Å². The SMILES string of the molecule is COC(=O)C1CN(C(=O)/C=C/c2cccc(OC)c2)c2ccccc2O1. The van der Waals surface area contributed by atoms with Crippen molar-refractivity contribution in [3.8, 4) is 11.5 Å². The van der Waals surface area contributed by atoms with Gasteiger partial charge in [-0.2, -0.15) is 0 Å². The molecule has 1 aliphatic rings. The molecule has 0 N–H and O–H groups in total. The number of benzene rings is 2. The van der Waals surface area contributed by atoms with Crippen LogP contribution < -0.4 is 14.4 Å². The van der Waals surface area contributed by atoms with Crippen LogP contribution in [-0.4, -0.2) is 38.7 Å². The molecule has 1 unspecified atom stereocenters. The Hall–Kier alpha value is -3.28. The van der Waals surface area contributed by atoms with Crippen LogP contribution in [0, 0.1) is 0 Å². The topological polar surface area (TPSA) is 65.1 Å². The van der Waals surface area contributed by atoms with Crippen molar-refractivity contribution in [2.45, 2.75) is 6.10 Å². The number of carbonyl (C=O) groups is 2. The summed E-state index contributed by atoms with van der Waals surface area (Å²) in [5.74, 6) is 0.408. The van der Waals surface area contributed by atoms with Crippen molar-refractivity contribution in [1.82, 2.24) is 0 Å². The van der Waals surface area contributed by atoms with Crippen LogP contribution in [0.15, 0.2) is 54.6 Å². The van der Waals surface area contributed by atoms with Gasteiger partial charge < -0.3 is 19.1 Å². The molecule has 0 radical (unpaired) electrons. The molecule has 0 aliphatic carbocycles. The molecule has 2 aromatic rings. The molecule has 1 aliphatic heterocycles. The molecule has 1 atom stereocenters. The van der Waals surface area contributed by atoms with Crippen LogP contribution in [0.3, 0.4) is 0 Å². The van der Waals surface area contributed by atoms with Crippen LogP contribution in [-0.2, 0) is 14.3 Å². The number of para-hydroxylation sites is 2. The first-order chi connectivity index (χ1) is 12.6. The Balaban J connectivity index is 1.85. The lowest BCUT2D eigenvalue weighted by Crippen LogP contribution is -2.47. The summed E-state index contributed by atoms with van der Waals surface area (Å²) in [6.07, 6.45) is 2.31. The molecule has 1 heterocycles. The second-order valence-electron chi connectivity index (χ2n) is 5.66.